The first kappa shape index (κ1) is 14.8. The van der Waals surface area contributed by atoms with Crippen LogP contribution in [0.4, 0.5) is 5.82 Å². The molecule has 1 amide bonds. The van der Waals surface area contributed by atoms with Gasteiger partial charge in [0.05, 0.1) is 6.42 Å². The van der Waals surface area contributed by atoms with Gasteiger partial charge in [0, 0.05) is 11.8 Å². The molecule has 4 heteroatoms. The molecule has 22 heavy (non-hydrogen) atoms. The second-order valence-corrected chi connectivity index (χ2v) is 6.20. The van der Waals surface area contributed by atoms with Gasteiger partial charge < -0.3 is 5.32 Å². The smallest absolute Gasteiger partial charge is 0.229 e. The monoisotopic (exact) mass is 297 g/mol. The first-order valence-corrected chi connectivity index (χ1v) is 8.17. The van der Waals surface area contributed by atoms with Crippen molar-refractivity contribution in [2.75, 3.05) is 5.32 Å². The number of carbonyl (C=O) groups is 1. The van der Waals surface area contributed by atoms with E-state index in [1.165, 1.54) is 32.1 Å². The zero-order chi connectivity index (χ0) is 15.2. The van der Waals surface area contributed by atoms with Crippen molar-refractivity contribution in [1.82, 2.24) is 10.2 Å². The van der Waals surface area contributed by atoms with Crippen molar-refractivity contribution < 1.29 is 4.79 Å². The fourth-order valence-electron chi connectivity index (χ4n) is 3.20. The number of carbonyl (C=O) groups excluding carboxylic acids is 1. The second kappa shape index (κ2) is 7.25. The van der Waals surface area contributed by atoms with Gasteiger partial charge in [0.15, 0.2) is 5.82 Å². The van der Waals surface area contributed by atoms with Crippen LogP contribution in [0.25, 0.3) is 0 Å². The molecular weight excluding hydrogens is 274 g/mol. The number of nitrogens with one attached hydrogen (secondary N) is 2. The van der Waals surface area contributed by atoms with Gasteiger partial charge in [-0.2, -0.15) is 5.10 Å². The predicted octanol–water partition coefficient (Wildman–Crippen LogP) is 3.71. The molecule has 0 bridgehead atoms. The molecule has 1 aliphatic rings. The number of benzene rings is 1. The molecule has 116 valence electrons. The largest absolute Gasteiger partial charge is 0.309 e. The maximum atomic E-state index is 12.0. The lowest BCUT2D eigenvalue weighted by molar-refractivity contribution is -0.115. The van der Waals surface area contributed by atoms with Crippen molar-refractivity contribution in [3.8, 4) is 0 Å². The highest BCUT2D eigenvalue weighted by atomic mass is 16.1. The quantitative estimate of drug-likeness (QED) is 0.883. The highest BCUT2D eigenvalue weighted by Gasteiger charge is 2.15. The van der Waals surface area contributed by atoms with Gasteiger partial charge in [-0.15, -0.1) is 0 Å². The van der Waals surface area contributed by atoms with Crippen molar-refractivity contribution in [3.63, 3.8) is 0 Å². The summed E-state index contributed by atoms with van der Waals surface area (Å²) in [5.41, 5.74) is 2.14. The van der Waals surface area contributed by atoms with E-state index in [2.05, 4.69) is 15.5 Å². The third-order valence-corrected chi connectivity index (χ3v) is 4.34. The molecule has 2 aromatic rings. The second-order valence-electron chi connectivity index (χ2n) is 6.20. The van der Waals surface area contributed by atoms with E-state index in [4.69, 9.17) is 0 Å². The maximum absolute atomic E-state index is 12.0. The predicted molar refractivity (Wildman–Crippen MR) is 87.6 cm³/mol. The number of rotatable bonds is 5. The molecule has 0 radical (unpaired) electrons. The van der Waals surface area contributed by atoms with Crippen molar-refractivity contribution >= 4 is 11.7 Å². The first-order valence-electron chi connectivity index (χ1n) is 8.17. The Kier molecular flexibility index (Phi) is 4.88. The summed E-state index contributed by atoms with van der Waals surface area (Å²) in [4.78, 5) is 12.0. The van der Waals surface area contributed by atoms with Crippen LogP contribution in [0, 0.1) is 5.92 Å². The van der Waals surface area contributed by atoms with Gasteiger partial charge in [0.1, 0.15) is 0 Å². The molecule has 0 unspecified atom stereocenters. The molecule has 4 nitrogen and oxygen atoms in total. The third kappa shape index (κ3) is 4.20. The Balaban J connectivity index is 1.51. The van der Waals surface area contributed by atoms with Crippen molar-refractivity contribution in [1.29, 1.82) is 0 Å². The highest BCUT2D eigenvalue weighted by Crippen LogP contribution is 2.26. The molecule has 1 aromatic carbocycles. The fourth-order valence-corrected chi connectivity index (χ4v) is 3.20. The molecule has 1 fully saturated rings. The summed E-state index contributed by atoms with van der Waals surface area (Å²) >= 11 is 0. The fraction of sp³-hybridized carbons (Fsp3) is 0.444. The molecule has 3 rings (SSSR count). The standard InChI is InChI=1S/C18H23N3O/c22-18(12-15-9-5-2-6-10-15)19-17-13-16(20-21-17)11-14-7-3-1-4-8-14/h2,5-6,9-10,13-14H,1,3-4,7-8,11-12H2,(H2,19,20,21,22). The topological polar surface area (TPSA) is 57.8 Å². The van der Waals surface area contributed by atoms with E-state index in [1.807, 2.05) is 36.4 Å². The number of anilines is 1. The number of hydrogen-bond donors (Lipinski definition) is 2. The van der Waals surface area contributed by atoms with Crippen LogP contribution in [-0.4, -0.2) is 16.1 Å². The Morgan fingerprint density at radius 1 is 1.18 bits per heavy atom. The van der Waals surface area contributed by atoms with Crippen molar-refractivity contribution in [3.05, 3.63) is 47.7 Å². The third-order valence-electron chi connectivity index (χ3n) is 4.34. The van der Waals surface area contributed by atoms with E-state index in [0.29, 0.717) is 12.2 Å². The van der Waals surface area contributed by atoms with E-state index in [0.717, 1.165) is 23.6 Å². The maximum Gasteiger partial charge on any atom is 0.229 e. The number of aromatic nitrogens is 2. The van der Waals surface area contributed by atoms with E-state index in [1.54, 1.807) is 0 Å². The molecule has 2 N–H and O–H groups in total. The van der Waals surface area contributed by atoms with Gasteiger partial charge in [0.25, 0.3) is 0 Å². The zero-order valence-corrected chi connectivity index (χ0v) is 12.8. The average molecular weight is 297 g/mol. The summed E-state index contributed by atoms with van der Waals surface area (Å²) in [6.45, 7) is 0. The van der Waals surface area contributed by atoms with E-state index in [-0.39, 0.29) is 5.91 Å². The Morgan fingerprint density at radius 2 is 1.95 bits per heavy atom. The highest BCUT2D eigenvalue weighted by molar-refractivity contribution is 5.91. The molecule has 0 spiro atoms. The summed E-state index contributed by atoms with van der Waals surface area (Å²) in [5.74, 6) is 1.37. The van der Waals surface area contributed by atoms with Crippen LogP contribution in [0.2, 0.25) is 0 Å². The number of nitrogens with zero attached hydrogens (tertiary/aromatic N) is 1. The summed E-state index contributed by atoms with van der Waals surface area (Å²) in [6.07, 6.45) is 8.12. The Labute approximate surface area is 131 Å². The van der Waals surface area contributed by atoms with Crippen LogP contribution < -0.4 is 5.32 Å². The van der Waals surface area contributed by atoms with Crippen LogP contribution in [0.1, 0.15) is 43.4 Å². The lowest BCUT2D eigenvalue weighted by Gasteiger charge is -2.20. The summed E-state index contributed by atoms with van der Waals surface area (Å²) < 4.78 is 0. The zero-order valence-electron chi connectivity index (χ0n) is 12.8. The van der Waals surface area contributed by atoms with E-state index >= 15 is 0 Å². The molecule has 0 aliphatic heterocycles. The normalized spacial score (nSPS) is 15.6. The molecule has 1 heterocycles. The Bertz CT molecular complexity index is 600. The Morgan fingerprint density at radius 3 is 2.73 bits per heavy atom. The van der Waals surface area contributed by atoms with Gasteiger partial charge in [0.2, 0.25) is 5.91 Å². The van der Waals surface area contributed by atoms with Crippen LogP contribution in [0.3, 0.4) is 0 Å². The van der Waals surface area contributed by atoms with Crippen molar-refractivity contribution in [2.45, 2.75) is 44.9 Å². The lowest BCUT2D eigenvalue weighted by atomic mass is 9.86. The minimum absolute atomic E-state index is 0.0260. The lowest BCUT2D eigenvalue weighted by Crippen LogP contribution is -2.14. The number of amides is 1. The number of hydrogen-bond acceptors (Lipinski definition) is 2. The first-order chi connectivity index (χ1) is 10.8. The van der Waals surface area contributed by atoms with Gasteiger partial charge >= 0.3 is 0 Å². The SMILES string of the molecule is O=C(Cc1ccccc1)Nc1cc(CC2CCCCC2)[nH]n1. The molecule has 1 saturated carbocycles. The van der Waals surface area contributed by atoms with Crippen LogP contribution >= 0.6 is 0 Å². The van der Waals surface area contributed by atoms with Gasteiger partial charge in [-0.3, -0.25) is 9.89 Å². The molecule has 1 aliphatic carbocycles. The van der Waals surface area contributed by atoms with E-state index < -0.39 is 0 Å². The average Bonchev–Trinajstić information content (AvgIpc) is 2.96. The molecule has 0 atom stereocenters. The summed E-state index contributed by atoms with van der Waals surface area (Å²) in [6, 6.07) is 11.7. The molecule has 1 aromatic heterocycles. The minimum Gasteiger partial charge on any atom is -0.309 e. The van der Waals surface area contributed by atoms with Crippen LogP contribution in [0.5, 0.6) is 0 Å². The summed E-state index contributed by atoms with van der Waals surface area (Å²) in [7, 11) is 0. The van der Waals surface area contributed by atoms with Crippen LogP contribution in [-0.2, 0) is 17.6 Å². The molecular formula is C18H23N3O. The van der Waals surface area contributed by atoms with Gasteiger partial charge in [-0.1, -0.05) is 62.4 Å². The summed E-state index contributed by atoms with van der Waals surface area (Å²) in [5, 5.41) is 10.1. The van der Waals surface area contributed by atoms with Crippen LogP contribution in [0.15, 0.2) is 36.4 Å². The molecule has 0 saturated heterocycles. The number of H-pyrrole nitrogens is 1. The van der Waals surface area contributed by atoms with Crippen molar-refractivity contribution in [2.24, 2.45) is 5.92 Å². The number of aromatic amines is 1. The van der Waals surface area contributed by atoms with Gasteiger partial charge in [-0.05, 0) is 17.9 Å². The Hall–Kier alpha value is -2.10. The van der Waals surface area contributed by atoms with Gasteiger partial charge in [-0.25, -0.2) is 0 Å². The van der Waals surface area contributed by atoms with E-state index in [9.17, 15) is 4.79 Å². The minimum atomic E-state index is -0.0260.